The number of hydrogen-bond acceptors (Lipinski definition) is 0. The van der Waals surface area contributed by atoms with Gasteiger partial charge in [0.15, 0.2) is 11.6 Å². The maximum atomic E-state index is 14.6. The number of aryl methyl sites for hydroxylation is 1. The van der Waals surface area contributed by atoms with Gasteiger partial charge in [-0.15, -0.1) is 0 Å². The molecular weight excluding hydrogens is 426 g/mol. The Morgan fingerprint density at radius 3 is 1.78 bits per heavy atom. The molecule has 0 spiro atoms. The maximum absolute atomic E-state index is 14.6. The Hall–Kier alpha value is -3.72. The van der Waals surface area contributed by atoms with Crippen molar-refractivity contribution >= 4 is 10.8 Å². The summed E-state index contributed by atoms with van der Waals surface area (Å²) in [4.78, 5) is 0. The van der Waals surface area contributed by atoms with Gasteiger partial charge in [-0.25, -0.2) is 26.3 Å². The molecule has 0 N–H and O–H groups in total. The van der Waals surface area contributed by atoms with E-state index in [1.165, 1.54) is 18.2 Å². The smallest absolute Gasteiger partial charge is 0.159 e. The highest BCUT2D eigenvalue weighted by atomic mass is 19.2. The first-order valence-corrected chi connectivity index (χ1v) is 9.65. The van der Waals surface area contributed by atoms with E-state index in [1.807, 2.05) is 0 Å². The van der Waals surface area contributed by atoms with Crippen LogP contribution in [0.1, 0.15) is 23.6 Å². The highest BCUT2D eigenvalue weighted by Gasteiger charge is 2.17. The lowest BCUT2D eigenvalue weighted by Crippen LogP contribution is -1.97. The summed E-state index contributed by atoms with van der Waals surface area (Å²) in [6, 6.07) is 10.4. The summed E-state index contributed by atoms with van der Waals surface area (Å²) in [5.41, 5.74) is -0.649. The van der Waals surface area contributed by atoms with E-state index in [4.69, 9.17) is 0 Å². The summed E-state index contributed by atoms with van der Waals surface area (Å²) >= 11 is 0. The van der Waals surface area contributed by atoms with Crippen molar-refractivity contribution in [1.82, 2.24) is 0 Å². The fourth-order valence-corrected chi connectivity index (χ4v) is 3.40. The summed E-state index contributed by atoms with van der Waals surface area (Å²) in [6.07, 6.45) is 0.404. The zero-order valence-corrected chi connectivity index (χ0v) is 16.7. The van der Waals surface area contributed by atoms with Crippen LogP contribution in [0.3, 0.4) is 0 Å². The molecule has 4 aromatic rings. The molecule has 0 aliphatic rings. The molecule has 0 saturated heterocycles. The van der Waals surface area contributed by atoms with Crippen LogP contribution in [0.5, 0.6) is 0 Å². The van der Waals surface area contributed by atoms with Crippen LogP contribution in [-0.4, -0.2) is 0 Å². The zero-order valence-electron chi connectivity index (χ0n) is 16.7. The van der Waals surface area contributed by atoms with Gasteiger partial charge in [0, 0.05) is 5.56 Å². The maximum Gasteiger partial charge on any atom is 0.159 e. The summed E-state index contributed by atoms with van der Waals surface area (Å²) in [7, 11) is 0. The third-order valence-corrected chi connectivity index (χ3v) is 5.05. The van der Waals surface area contributed by atoms with Crippen LogP contribution < -0.4 is 0 Å². The summed E-state index contributed by atoms with van der Waals surface area (Å²) in [6.45, 7) is 1.73. The van der Waals surface area contributed by atoms with E-state index in [9.17, 15) is 26.3 Å². The van der Waals surface area contributed by atoms with Crippen molar-refractivity contribution in [1.29, 1.82) is 0 Å². The standard InChI is InChI=1S/C26H14F6/c1-2-14-8-24(31)26(25(32)9-14)18-12-20(27)19(21(28)13-18)6-4-15-3-5-16-10-22(29)23(30)11-17(16)7-15/h3,5,7-13H,2H2,1H3. The van der Waals surface area contributed by atoms with Crippen molar-refractivity contribution in [3.8, 4) is 23.0 Å². The molecular formula is C26H14F6. The Bertz CT molecular complexity index is 1380. The molecule has 0 nitrogen and oxygen atoms in total. The predicted octanol–water partition coefficient (Wildman–Crippen LogP) is 7.30. The predicted molar refractivity (Wildman–Crippen MR) is 111 cm³/mol. The number of fused-ring (bicyclic) bond motifs is 1. The van der Waals surface area contributed by atoms with Gasteiger partial charge in [0.2, 0.25) is 0 Å². The average molecular weight is 440 g/mol. The molecule has 0 heterocycles. The van der Waals surface area contributed by atoms with Crippen LogP contribution in [0, 0.1) is 46.7 Å². The summed E-state index contributed by atoms with van der Waals surface area (Å²) < 4.78 is 84.6. The van der Waals surface area contributed by atoms with Crippen molar-refractivity contribution in [3.63, 3.8) is 0 Å². The highest BCUT2D eigenvalue weighted by Crippen LogP contribution is 2.30. The van der Waals surface area contributed by atoms with E-state index in [0.717, 1.165) is 36.4 Å². The summed E-state index contributed by atoms with van der Waals surface area (Å²) in [5.74, 6) is -1.09. The molecule has 0 aliphatic carbocycles. The monoisotopic (exact) mass is 440 g/mol. The summed E-state index contributed by atoms with van der Waals surface area (Å²) in [5, 5.41) is 0.808. The quantitative estimate of drug-likeness (QED) is 0.227. The molecule has 0 radical (unpaired) electrons. The minimum Gasteiger partial charge on any atom is -0.206 e. The van der Waals surface area contributed by atoms with E-state index in [2.05, 4.69) is 11.8 Å². The van der Waals surface area contributed by atoms with Gasteiger partial charge in [0.25, 0.3) is 0 Å². The topological polar surface area (TPSA) is 0 Å². The lowest BCUT2D eigenvalue weighted by Gasteiger charge is -2.09. The molecule has 0 aromatic heterocycles. The van der Waals surface area contributed by atoms with Gasteiger partial charge >= 0.3 is 0 Å². The van der Waals surface area contributed by atoms with Crippen LogP contribution in [-0.2, 0) is 6.42 Å². The molecule has 0 saturated carbocycles. The fourth-order valence-electron chi connectivity index (χ4n) is 3.40. The van der Waals surface area contributed by atoms with E-state index in [1.54, 1.807) is 6.92 Å². The van der Waals surface area contributed by atoms with Crippen LogP contribution in [0.15, 0.2) is 54.6 Å². The third-order valence-electron chi connectivity index (χ3n) is 5.05. The van der Waals surface area contributed by atoms with Gasteiger partial charge in [-0.2, -0.15) is 0 Å². The molecule has 0 unspecified atom stereocenters. The van der Waals surface area contributed by atoms with E-state index in [0.29, 0.717) is 28.3 Å². The Labute approximate surface area is 180 Å². The van der Waals surface area contributed by atoms with Gasteiger partial charge < -0.3 is 0 Å². The fraction of sp³-hybridized carbons (Fsp3) is 0.0769. The molecule has 0 amide bonds. The van der Waals surface area contributed by atoms with Crippen molar-refractivity contribution in [2.24, 2.45) is 0 Å². The Kier molecular flexibility index (Phi) is 5.67. The van der Waals surface area contributed by atoms with Gasteiger partial charge in [-0.1, -0.05) is 24.8 Å². The van der Waals surface area contributed by atoms with Gasteiger partial charge in [0.1, 0.15) is 23.3 Å². The van der Waals surface area contributed by atoms with Crippen LogP contribution >= 0.6 is 0 Å². The van der Waals surface area contributed by atoms with Crippen molar-refractivity contribution in [3.05, 3.63) is 106 Å². The lowest BCUT2D eigenvalue weighted by atomic mass is 9.99. The van der Waals surface area contributed by atoms with E-state index >= 15 is 0 Å². The lowest BCUT2D eigenvalue weighted by molar-refractivity contribution is 0.511. The van der Waals surface area contributed by atoms with Crippen molar-refractivity contribution < 1.29 is 26.3 Å². The largest absolute Gasteiger partial charge is 0.206 e. The number of rotatable bonds is 2. The molecule has 4 rings (SSSR count). The molecule has 4 aromatic carbocycles. The van der Waals surface area contributed by atoms with Crippen molar-refractivity contribution in [2.75, 3.05) is 0 Å². The average Bonchev–Trinajstić information content (AvgIpc) is 2.73. The minimum atomic E-state index is -1.08. The van der Waals surface area contributed by atoms with Crippen LogP contribution in [0.25, 0.3) is 21.9 Å². The number of hydrogen-bond donors (Lipinski definition) is 0. The Balaban J connectivity index is 1.73. The molecule has 32 heavy (non-hydrogen) atoms. The van der Waals surface area contributed by atoms with Crippen LogP contribution in [0.4, 0.5) is 26.3 Å². The van der Waals surface area contributed by atoms with Crippen molar-refractivity contribution in [2.45, 2.75) is 13.3 Å². The highest BCUT2D eigenvalue weighted by molar-refractivity contribution is 5.84. The second-order valence-electron chi connectivity index (χ2n) is 7.18. The second-order valence-corrected chi connectivity index (χ2v) is 7.18. The van der Waals surface area contributed by atoms with Gasteiger partial charge in [-0.05, 0) is 76.9 Å². The normalized spacial score (nSPS) is 10.8. The van der Waals surface area contributed by atoms with E-state index < -0.39 is 46.0 Å². The first kappa shape index (κ1) is 21.5. The van der Waals surface area contributed by atoms with Gasteiger partial charge in [0.05, 0.1) is 11.1 Å². The number of benzene rings is 4. The second kappa shape index (κ2) is 8.43. The van der Waals surface area contributed by atoms with Crippen LogP contribution in [0.2, 0.25) is 0 Å². The van der Waals surface area contributed by atoms with Gasteiger partial charge in [-0.3, -0.25) is 0 Å². The molecule has 0 fully saturated rings. The molecule has 0 atom stereocenters. The first-order chi connectivity index (χ1) is 15.3. The first-order valence-electron chi connectivity index (χ1n) is 9.65. The van der Waals surface area contributed by atoms with E-state index in [-0.39, 0.29) is 5.56 Å². The molecule has 160 valence electrons. The SMILES string of the molecule is CCc1cc(F)c(-c2cc(F)c(C#Cc3ccc4cc(F)c(F)cc4c3)c(F)c2)c(F)c1. The number of halogens is 6. The third kappa shape index (κ3) is 4.06. The Morgan fingerprint density at radius 2 is 1.19 bits per heavy atom. The molecule has 6 heteroatoms. The Morgan fingerprint density at radius 1 is 0.594 bits per heavy atom. The zero-order chi connectivity index (χ0) is 23.0. The minimum absolute atomic E-state index is 0.286. The molecule has 0 bridgehead atoms. The molecule has 0 aliphatic heterocycles.